The molecule has 0 aliphatic rings. The van der Waals surface area contributed by atoms with E-state index in [1.54, 1.807) is 47.6 Å². The van der Waals surface area contributed by atoms with Gasteiger partial charge in [-0.1, -0.05) is 4.40 Å². The fourth-order valence-corrected chi connectivity index (χ4v) is 2.97. The summed E-state index contributed by atoms with van der Waals surface area (Å²) in [6.07, 6.45) is -1.10. The number of carbonyl (C=O) groups is 1. The van der Waals surface area contributed by atoms with Gasteiger partial charge in [0.1, 0.15) is 21.7 Å². The Hall–Kier alpha value is -2.38. The fourth-order valence-electron chi connectivity index (χ4n) is 2.44. The smallest absolute Gasteiger partial charge is 0.416 e. The minimum atomic E-state index is -4.62. The van der Waals surface area contributed by atoms with E-state index in [1.165, 1.54) is 23.1 Å². The molecule has 0 spiro atoms. The molecule has 0 aliphatic heterocycles. The quantitative estimate of drug-likeness (QED) is 0.425. The van der Waals surface area contributed by atoms with Crippen LogP contribution in [0.5, 0.6) is 0 Å². The molecule has 2 aromatic heterocycles. The lowest BCUT2D eigenvalue weighted by Crippen LogP contribution is -2.44. The van der Waals surface area contributed by atoms with E-state index in [9.17, 15) is 22.5 Å². The molecule has 2 atom stereocenters. The molecule has 13 heteroatoms. The van der Waals surface area contributed by atoms with E-state index >= 15 is 0 Å². The lowest BCUT2D eigenvalue weighted by molar-refractivity contribution is -0.265. The normalized spacial score (nSPS) is 15.4. The first-order valence-electron chi connectivity index (χ1n) is 10.8. The summed E-state index contributed by atoms with van der Waals surface area (Å²) < 4.78 is 67.3. The Morgan fingerprint density at radius 2 is 1.86 bits per heavy atom. The fraction of sp³-hybridized carbons (Fsp3) is 0.636. The number of alkyl carbamates (subject to hydrolysis) is 1. The van der Waals surface area contributed by atoms with E-state index < -0.39 is 52.2 Å². The summed E-state index contributed by atoms with van der Waals surface area (Å²) in [4.78, 5) is 16.7. The maximum absolute atomic E-state index is 13.3. The second kappa shape index (κ2) is 10.3. The van der Waals surface area contributed by atoms with E-state index in [0.717, 1.165) is 13.8 Å². The zero-order valence-corrected chi connectivity index (χ0v) is 21.9. The molecule has 0 bridgehead atoms. The predicted octanol–water partition coefficient (Wildman–Crippen LogP) is 4.53. The summed E-state index contributed by atoms with van der Waals surface area (Å²) in [7, 11) is 0. The number of fused-ring (bicyclic) bond motifs is 1. The summed E-state index contributed by atoms with van der Waals surface area (Å²) in [5.41, 5.74) is -2.18. The number of ether oxygens (including phenoxy) is 2. The van der Waals surface area contributed by atoms with Gasteiger partial charge in [0, 0.05) is 5.56 Å². The van der Waals surface area contributed by atoms with E-state index in [1.807, 2.05) is 0 Å². The summed E-state index contributed by atoms with van der Waals surface area (Å²) in [6, 6.07) is 0.559. The molecule has 1 amide bonds. The van der Waals surface area contributed by atoms with Crippen molar-refractivity contribution in [3.8, 4) is 0 Å². The predicted molar refractivity (Wildman–Crippen MR) is 127 cm³/mol. The Kier molecular flexibility index (Phi) is 8.50. The molecule has 0 saturated heterocycles. The summed E-state index contributed by atoms with van der Waals surface area (Å²) >= 11 is -1.46. The molecule has 0 radical (unpaired) electrons. The Morgan fingerprint density at radius 1 is 1.23 bits per heavy atom. The Morgan fingerprint density at radius 3 is 2.40 bits per heavy atom. The number of amides is 1. The van der Waals surface area contributed by atoms with Gasteiger partial charge in [-0.3, -0.25) is 0 Å². The van der Waals surface area contributed by atoms with Gasteiger partial charge in [-0.25, -0.2) is 14.3 Å². The zero-order valence-electron chi connectivity index (χ0n) is 21.1. The summed E-state index contributed by atoms with van der Waals surface area (Å²) in [5.74, 6) is 0. The summed E-state index contributed by atoms with van der Waals surface area (Å²) in [5, 5.41) is 6.73. The molecule has 196 valence electrons. The molecular weight excluding hydrogens is 487 g/mol. The third-order valence-electron chi connectivity index (χ3n) is 4.52. The van der Waals surface area contributed by atoms with Crippen molar-refractivity contribution in [3.63, 3.8) is 0 Å². The minimum Gasteiger partial charge on any atom is -0.591 e. The molecule has 9 nitrogen and oxygen atoms in total. The standard InChI is InChI=1S/C22H32F3N5O4S/c1-19(2,3)34-18(31)29-16(13-33-21(7,8)22(23,24)25)15-12-30-17(28-15)9-14(10-26-30)11-27-35(32)20(4,5)6/h9-12,16H,13H2,1-8H3,(H,29,31)/t16-,35?/m0/s1. The van der Waals surface area contributed by atoms with Crippen LogP contribution in [-0.4, -0.2) is 60.2 Å². The van der Waals surface area contributed by atoms with Crippen molar-refractivity contribution in [1.82, 2.24) is 19.9 Å². The third kappa shape index (κ3) is 8.36. The van der Waals surface area contributed by atoms with Crippen LogP contribution in [0.2, 0.25) is 0 Å². The molecule has 2 heterocycles. The van der Waals surface area contributed by atoms with Gasteiger partial charge in [0.25, 0.3) is 0 Å². The van der Waals surface area contributed by atoms with Crippen molar-refractivity contribution < 1.29 is 32.0 Å². The van der Waals surface area contributed by atoms with Crippen molar-refractivity contribution in [2.75, 3.05) is 6.61 Å². The maximum atomic E-state index is 13.3. The highest BCUT2D eigenvalue weighted by atomic mass is 32.2. The molecular formula is C22H32F3N5O4S. The number of nitrogens with one attached hydrogen (secondary N) is 1. The molecule has 0 aliphatic carbocycles. The highest BCUT2D eigenvalue weighted by molar-refractivity contribution is 7.91. The van der Waals surface area contributed by atoms with Crippen LogP contribution in [0.4, 0.5) is 18.0 Å². The van der Waals surface area contributed by atoms with Gasteiger partial charge in [0.15, 0.2) is 11.2 Å². The van der Waals surface area contributed by atoms with Gasteiger partial charge < -0.3 is 19.3 Å². The Bertz CT molecular complexity index is 1060. The van der Waals surface area contributed by atoms with Crippen LogP contribution in [0.1, 0.15) is 72.7 Å². The van der Waals surface area contributed by atoms with Crippen molar-refractivity contribution in [1.29, 1.82) is 0 Å². The maximum Gasteiger partial charge on any atom is 0.416 e. The van der Waals surface area contributed by atoms with Gasteiger partial charge in [0.2, 0.25) is 0 Å². The van der Waals surface area contributed by atoms with Crippen LogP contribution < -0.4 is 5.32 Å². The number of imidazole rings is 1. The lowest BCUT2D eigenvalue weighted by Gasteiger charge is -2.30. The molecule has 0 saturated carbocycles. The van der Waals surface area contributed by atoms with Gasteiger partial charge in [-0.05, 0) is 61.5 Å². The average molecular weight is 520 g/mol. The SMILES string of the molecule is CC(C)(C)OC(=O)N[C@@H](COC(C)(C)C(F)(F)F)c1cn2ncc(C=N[S+]([O-])C(C)(C)C)cc2n1. The summed E-state index contributed by atoms with van der Waals surface area (Å²) in [6.45, 7) is 11.6. The number of carbonyl (C=O) groups excluding carboxylic acids is 1. The molecule has 35 heavy (non-hydrogen) atoms. The van der Waals surface area contributed by atoms with Crippen molar-refractivity contribution >= 4 is 29.3 Å². The number of aromatic nitrogens is 3. The first-order valence-corrected chi connectivity index (χ1v) is 11.9. The van der Waals surface area contributed by atoms with Crippen LogP contribution >= 0.6 is 0 Å². The highest BCUT2D eigenvalue weighted by Gasteiger charge is 2.49. The number of hydrogen-bond donors (Lipinski definition) is 1. The monoisotopic (exact) mass is 519 g/mol. The molecule has 0 fully saturated rings. The average Bonchev–Trinajstić information content (AvgIpc) is 3.09. The molecule has 2 rings (SSSR count). The van der Waals surface area contributed by atoms with Crippen molar-refractivity contribution in [3.05, 3.63) is 29.7 Å². The minimum absolute atomic E-state index is 0.216. The second-order valence-corrected chi connectivity index (χ2v) is 12.3. The Labute approximate surface area is 205 Å². The number of halogens is 3. The van der Waals surface area contributed by atoms with Gasteiger partial charge in [-0.15, -0.1) is 0 Å². The highest BCUT2D eigenvalue weighted by Crippen LogP contribution is 2.33. The molecule has 0 aromatic carbocycles. The van der Waals surface area contributed by atoms with E-state index in [4.69, 9.17) is 9.47 Å². The first kappa shape index (κ1) is 28.9. The second-order valence-electron chi connectivity index (χ2n) is 10.4. The first-order chi connectivity index (χ1) is 15.8. The topological polar surface area (TPSA) is 113 Å². The van der Waals surface area contributed by atoms with Crippen LogP contribution in [0.3, 0.4) is 0 Å². The largest absolute Gasteiger partial charge is 0.591 e. The van der Waals surface area contributed by atoms with Gasteiger partial charge >= 0.3 is 12.3 Å². The van der Waals surface area contributed by atoms with Gasteiger partial charge in [0.05, 0.1) is 37.0 Å². The van der Waals surface area contributed by atoms with Crippen molar-refractivity contribution in [2.45, 2.75) is 83.6 Å². The molecule has 1 unspecified atom stereocenters. The third-order valence-corrected chi connectivity index (χ3v) is 5.87. The number of nitrogens with zero attached hydrogens (tertiary/aromatic N) is 4. The van der Waals surface area contributed by atoms with Crippen LogP contribution in [0.25, 0.3) is 5.65 Å². The number of rotatable bonds is 7. The van der Waals surface area contributed by atoms with Crippen LogP contribution in [-0.2, 0) is 20.8 Å². The number of hydrogen-bond acceptors (Lipinski definition) is 7. The zero-order chi connectivity index (χ0) is 26.8. The van der Waals surface area contributed by atoms with Gasteiger partial charge in [-0.2, -0.15) is 18.3 Å². The lowest BCUT2D eigenvalue weighted by atomic mass is 10.1. The van der Waals surface area contributed by atoms with Crippen molar-refractivity contribution in [2.24, 2.45) is 4.40 Å². The van der Waals surface area contributed by atoms with Crippen LogP contribution in [0, 0.1) is 0 Å². The van der Waals surface area contributed by atoms with E-state index in [0.29, 0.717) is 11.2 Å². The Balaban J connectivity index is 2.33. The van der Waals surface area contributed by atoms with E-state index in [2.05, 4.69) is 19.8 Å². The van der Waals surface area contributed by atoms with E-state index in [-0.39, 0.29) is 5.69 Å². The molecule has 1 N–H and O–H groups in total. The number of alkyl halides is 3. The van der Waals surface area contributed by atoms with Crippen LogP contribution in [0.15, 0.2) is 22.9 Å². The molecule has 2 aromatic rings.